The highest BCUT2D eigenvalue weighted by atomic mass is 15.1. The summed E-state index contributed by atoms with van der Waals surface area (Å²) in [5.41, 5.74) is 6.04. The lowest BCUT2D eigenvalue weighted by molar-refractivity contribution is 0.227. The average molecular weight is 194 g/mol. The second kappa shape index (κ2) is 4.82. The minimum absolute atomic E-state index is 0.0915. The van der Waals surface area contributed by atoms with Gasteiger partial charge >= 0.3 is 0 Å². The molecule has 2 heteroatoms. The second-order valence-corrected chi connectivity index (χ2v) is 4.82. The van der Waals surface area contributed by atoms with Crippen LogP contribution in [-0.2, 0) is 0 Å². The van der Waals surface area contributed by atoms with E-state index in [1.807, 2.05) is 0 Å². The van der Waals surface area contributed by atoms with Crippen LogP contribution in [0.4, 0.5) is 0 Å². The van der Waals surface area contributed by atoms with Crippen LogP contribution in [0.3, 0.4) is 0 Å². The Kier molecular flexibility index (Phi) is 3.97. The first-order chi connectivity index (χ1) is 6.57. The molecule has 80 valence electrons. The monoisotopic (exact) mass is 194 g/mol. The minimum Gasteiger partial charge on any atom is -0.324 e. The fourth-order valence-corrected chi connectivity index (χ4v) is 1.60. The highest BCUT2D eigenvalue weighted by molar-refractivity contribution is 4.93. The number of terminal acetylenes is 1. The molecule has 0 amide bonds. The molecule has 0 radical (unpaired) electrons. The third-order valence-electron chi connectivity index (χ3n) is 2.92. The summed E-state index contributed by atoms with van der Waals surface area (Å²) in [5, 5.41) is 0. The van der Waals surface area contributed by atoms with Crippen LogP contribution >= 0.6 is 0 Å². The molecule has 1 rings (SSSR count). The van der Waals surface area contributed by atoms with E-state index in [9.17, 15) is 0 Å². The highest BCUT2D eigenvalue weighted by Crippen LogP contribution is 2.30. The van der Waals surface area contributed by atoms with Gasteiger partial charge in [0.2, 0.25) is 0 Å². The van der Waals surface area contributed by atoms with Crippen LogP contribution in [0.2, 0.25) is 0 Å². The van der Waals surface area contributed by atoms with E-state index in [-0.39, 0.29) is 5.54 Å². The summed E-state index contributed by atoms with van der Waals surface area (Å²) in [7, 11) is 0. The van der Waals surface area contributed by atoms with Gasteiger partial charge in [0, 0.05) is 18.6 Å². The summed E-state index contributed by atoms with van der Waals surface area (Å²) in [5.74, 6) is 3.60. The van der Waals surface area contributed by atoms with Crippen LogP contribution in [0.5, 0.6) is 0 Å². The van der Waals surface area contributed by atoms with E-state index in [1.54, 1.807) is 0 Å². The van der Waals surface area contributed by atoms with Crippen LogP contribution < -0.4 is 5.73 Å². The molecule has 1 aliphatic rings. The summed E-state index contributed by atoms with van der Waals surface area (Å²) in [6.07, 6.45) is 9.09. The van der Waals surface area contributed by atoms with Crippen molar-refractivity contribution in [3.8, 4) is 12.3 Å². The van der Waals surface area contributed by atoms with Gasteiger partial charge in [0.25, 0.3) is 0 Å². The largest absolute Gasteiger partial charge is 0.324 e. The Bertz CT molecular complexity index is 211. The fraction of sp³-hybridized carbons (Fsp3) is 0.833. The Morgan fingerprint density at radius 2 is 2.21 bits per heavy atom. The first-order valence-electron chi connectivity index (χ1n) is 5.52. The summed E-state index contributed by atoms with van der Waals surface area (Å²) < 4.78 is 0. The quantitative estimate of drug-likeness (QED) is 0.649. The van der Waals surface area contributed by atoms with E-state index in [1.165, 1.54) is 12.8 Å². The molecule has 2 nitrogen and oxygen atoms in total. The third-order valence-corrected chi connectivity index (χ3v) is 2.92. The smallest absolute Gasteiger partial charge is 0.0599 e. The Hall–Kier alpha value is -0.520. The Morgan fingerprint density at radius 1 is 1.57 bits per heavy atom. The molecule has 0 aromatic rings. The molecule has 1 unspecified atom stereocenters. The molecule has 0 saturated heterocycles. The first kappa shape index (κ1) is 11.6. The van der Waals surface area contributed by atoms with Gasteiger partial charge in [0.1, 0.15) is 0 Å². The molecule has 0 heterocycles. The molecular formula is C12H22N2. The standard InChI is InChI=1S/C12H22N2/c1-4-8-14(9-11-6-7-11)10-12(3,13)5-2/h1,11H,5-10,13H2,2-3H3. The van der Waals surface area contributed by atoms with Gasteiger partial charge in [-0.25, -0.2) is 0 Å². The van der Waals surface area contributed by atoms with E-state index >= 15 is 0 Å². The molecule has 0 bridgehead atoms. The van der Waals surface area contributed by atoms with E-state index in [4.69, 9.17) is 12.2 Å². The summed E-state index contributed by atoms with van der Waals surface area (Å²) in [4.78, 5) is 2.32. The molecule has 0 aliphatic heterocycles. The minimum atomic E-state index is -0.0915. The molecule has 14 heavy (non-hydrogen) atoms. The maximum atomic E-state index is 6.13. The Morgan fingerprint density at radius 3 is 2.64 bits per heavy atom. The summed E-state index contributed by atoms with van der Waals surface area (Å²) >= 11 is 0. The van der Waals surface area contributed by atoms with Crippen LogP contribution in [0.25, 0.3) is 0 Å². The molecule has 1 atom stereocenters. The van der Waals surface area contributed by atoms with E-state index in [0.29, 0.717) is 0 Å². The van der Waals surface area contributed by atoms with Crippen molar-refractivity contribution in [1.29, 1.82) is 0 Å². The lowest BCUT2D eigenvalue weighted by Crippen LogP contribution is -2.48. The van der Waals surface area contributed by atoms with Crippen molar-refractivity contribution in [3.05, 3.63) is 0 Å². The number of hydrogen-bond donors (Lipinski definition) is 1. The molecular weight excluding hydrogens is 172 g/mol. The lowest BCUT2D eigenvalue weighted by atomic mass is 10.00. The van der Waals surface area contributed by atoms with Gasteiger partial charge in [-0.1, -0.05) is 12.8 Å². The first-order valence-corrected chi connectivity index (χ1v) is 5.52. The number of rotatable bonds is 6. The van der Waals surface area contributed by atoms with Crippen LogP contribution in [0, 0.1) is 18.3 Å². The molecule has 1 saturated carbocycles. The predicted molar refractivity (Wildman–Crippen MR) is 60.9 cm³/mol. The molecule has 2 N–H and O–H groups in total. The molecule has 1 aliphatic carbocycles. The topological polar surface area (TPSA) is 29.3 Å². The number of hydrogen-bond acceptors (Lipinski definition) is 2. The van der Waals surface area contributed by atoms with E-state index in [0.717, 1.165) is 32.0 Å². The van der Waals surface area contributed by atoms with Crippen LogP contribution in [0.15, 0.2) is 0 Å². The fourth-order valence-electron chi connectivity index (χ4n) is 1.60. The van der Waals surface area contributed by atoms with Crippen molar-refractivity contribution in [2.75, 3.05) is 19.6 Å². The SMILES string of the molecule is C#CCN(CC1CC1)CC(C)(N)CC. The Labute approximate surface area is 87.8 Å². The lowest BCUT2D eigenvalue weighted by Gasteiger charge is -2.30. The van der Waals surface area contributed by atoms with E-state index < -0.39 is 0 Å². The van der Waals surface area contributed by atoms with Gasteiger partial charge < -0.3 is 5.73 Å². The zero-order chi connectivity index (χ0) is 10.6. The van der Waals surface area contributed by atoms with Crippen molar-refractivity contribution in [1.82, 2.24) is 4.90 Å². The molecule has 0 aromatic carbocycles. The van der Waals surface area contributed by atoms with Gasteiger partial charge in [-0.15, -0.1) is 6.42 Å². The van der Waals surface area contributed by atoms with E-state index in [2.05, 4.69) is 24.7 Å². The maximum Gasteiger partial charge on any atom is 0.0599 e. The van der Waals surface area contributed by atoms with Crippen molar-refractivity contribution >= 4 is 0 Å². The molecule has 0 aromatic heterocycles. The predicted octanol–water partition coefficient (Wildman–Crippen LogP) is 1.46. The number of nitrogens with zero attached hydrogens (tertiary/aromatic N) is 1. The molecule has 0 spiro atoms. The van der Waals surface area contributed by atoms with Crippen molar-refractivity contribution in [3.63, 3.8) is 0 Å². The zero-order valence-corrected chi connectivity index (χ0v) is 9.42. The van der Waals surface area contributed by atoms with Gasteiger partial charge in [0.15, 0.2) is 0 Å². The zero-order valence-electron chi connectivity index (χ0n) is 9.42. The van der Waals surface area contributed by atoms with Gasteiger partial charge in [-0.2, -0.15) is 0 Å². The van der Waals surface area contributed by atoms with Crippen molar-refractivity contribution in [2.45, 2.75) is 38.6 Å². The summed E-state index contributed by atoms with van der Waals surface area (Å²) in [6, 6.07) is 0. The average Bonchev–Trinajstić information content (AvgIpc) is 2.88. The number of nitrogens with two attached hydrogens (primary N) is 1. The summed E-state index contributed by atoms with van der Waals surface area (Å²) in [6.45, 7) is 7.03. The van der Waals surface area contributed by atoms with Crippen molar-refractivity contribution < 1.29 is 0 Å². The van der Waals surface area contributed by atoms with Gasteiger partial charge in [-0.05, 0) is 32.1 Å². The maximum absolute atomic E-state index is 6.13. The van der Waals surface area contributed by atoms with Gasteiger partial charge in [0.05, 0.1) is 6.54 Å². The van der Waals surface area contributed by atoms with Gasteiger partial charge in [-0.3, -0.25) is 4.90 Å². The third kappa shape index (κ3) is 4.13. The second-order valence-electron chi connectivity index (χ2n) is 4.82. The molecule has 1 fully saturated rings. The van der Waals surface area contributed by atoms with Crippen LogP contribution in [0.1, 0.15) is 33.1 Å². The van der Waals surface area contributed by atoms with Crippen LogP contribution in [-0.4, -0.2) is 30.1 Å². The van der Waals surface area contributed by atoms with Crippen molar-refractivity contribution in [2.24, 2.45) is 11.7 Å². The highest BCUT2D eigenvalue weighted by Gasteiger charge is 2.27. The normalized spacial score (nSPS) is 20.5. The Balaban J connectivity index is 2.37.